The summed E-state index contributed by atoms with van der Waals surface area (Å²) in [5, 5.41) is 0. The number of anilines is 1. The Morgan fingerprint density at radius 1 is 1.47 bits per heavy atom. The molecular weight excluding hydrogens is 212 g/mol. The average Bonchev–Trinajstić information content (AvgIpc) is 2.29. The first-order chi connectivity index (χ1) is 7.27. The number of hydrogen-bond donors (Lipinski definition) is 0. The van der Waals surface area contributed by atoms with Crippen LogP contribution in [-0.2, 0) is 10.6 Å². The summed E-state index contributed by atoms with van der Waals surface area (Å²) in [6, 6.07) is 3.97. The van der Waals surface area contributed by atoms with E-state index in [4.69, 9.17) is 16.3 Å². The maximum Gasteiger partial charge on any atom is 0.128 e. The SMILES string of the molecule is CCOCCN(C)c1ccc(CCl)cn1. The van der Waals surface area contributed by atoms with Crippen LogP contribution < -0.4 is 4.90 Å². The number of ether oxygens (including phenoxy) is 1. The average molecular weight is 229 g/mol. The Morgan fingerprint density at radius 2 is 2.27 bits per heavy atom. The van der Waals surface area contributed by atoms with Crippen molar-refractivity contribution in [3.05, 3.63) is 23.9 Å². The first kappa shape index (κ1) is 12.3. The molecule has 4 heteroatoms. The summed E-state index contributed by atoms with van der Waals surface area (Å²) in [5.74, 6) is 1.46. The topological polar surface area (TPSA) is 25.4 Å². The van der Waals surface area contributed by atoms with E-state index in [1.807, 2.05) is 26.1 Å². The molecule has 0 spiro atoms. The maximum absolute atomic E-state index is 5.69. The number of alkyl halides is 1. The van der Waals surface area contributed by atoms with Gasteiger partial charge in [-0.05, 0) is 18.6 Å². The number of halogens is 1. The molecule has 0 atom stereocenters. The molecule has 0 amide bonds. The minimum Gasteiger partial charge on any atom is -0.380 e. The summed E-state index contributed by atoms with van der Waals surface area (Å²) < 4.78 is 5.28. The molecule has 0 saturated heterocycles. The van der Waals surface area contributed by atoms with Gasteiger partial charge in [0.05, 0.1) is 6.61 Å². The van der Waals surface area contributed by atoms with Gasteiger partial charge in [-0.25, -0.2) is 4.98 Å². The van der Waals surface area contributed by atoms with E-state index < -0.39 is 0 Å². The van der Waals surface area contributed by atoms with Gasteiger partial charge in [-0.3, -0.25) is 0 Å². The number of nitrogens with zero attached hydrogens (tertiary/aromatic N) is 2. The minimum atomic E-state index is 0.510. The van der Waals surface area contributed by atoms with Crippen LogP contribution >= 0.6 is 11.6 Å². The van der Waals surface area contributed by atoms with E-state index in [-0.39, 0.29) is 0 Å². The molecule has 15 heavy (non-hydrogen) atoms. The summed E-state index contributed by atoms with van der Waals surface area (Å²) in [5.41, 5.74) is 1.04. The molecule has 0 fully saturated rings. The zero-order chi connectivity index (χ0) is 11.1. The van der Waals surface area contributed by atoms with Crippen LogP contribution in [0.2, 0.25) is 0 Å². The molecule has 0 aliphatic rings. The van der Waals surface area contributed by atoms with Crippen LogP contribution in [0, 0.1) is 0 Å². The van der Waals surface area contributed by atoms with E-state index in [9.17, 15) is 0 Å². The van der Waals surface area contributed by atoms with Gasteiger partial charge in [0.15, 0.2) is 0 Å². The minimum absolute atomic E-state index is 0.510. The van der Waals surface area contributed by atoms with Gasteiger partial charge in [-0.15, -0.1) is 11.6 Å². The van der Waals surface area contributed by atoms with Crippen molar-refractivity contribution in [1.29, 1.82) is 0 Å². The van der Waals surface area contributed by atoms with Crippen molar-refractivity contribution in [2.24, 2.45) is 0 Å². The largest absolute Gasteiger partial charge is 0.380 e. The molecule has 0 aliphatic heterocycles. The smallest absolute Gasteiger partial charge is 0.128 e. The summed E-state index contributed by atoms with van der Waals surface area (Å²) in [6.45, 7) is 4.33. The van der Waals surface area contributed by atoms with Crippen LogP contribution in [0.5, 0.6) is 0 Å². The first-order valence-electron chi connectivity index (χ1n) is 5.07. The highest BCUT2D eigenvalue weighted by atomic mass is 35.5. The van der Waals surface area contributed by atoms with E-state index in [2.05, 4.69) is 9.88 Å². The van der Waals surface area contributed by atoms with Gasteiger partial charge in [0.1, 0.15) is 5.82 Å². The van der Waals surface area contributed by atoms with Gasteiger partial charge in [0, 0.05) is 32.3 Å². The van der Waals surface area contributed by atoms with Gasteiger partial charge in [-0.1, -0.05) is 6.07 Å². The number of likely N-dealkylation sites (N-methyl/N-ethyl adjacent to an activating group) is 1. The predicted molar refractivity (Wildman–Crippen MR) is 63.6 cm³/mol. The van der Waals surface area contributed by atoms with Gasteiger partial charge in [-0.2, -0.15) is 0 Å². The predicted octanol–water partition coefficient (Wildman–Crippen LogP) is 2.29. The van der Waals surface area contributed by atoms with Crippen molar-refractivity contribution >= 4 is 17.4 Å². The second-order valence-corrected chi connectivity index (χ2v) is 3.54. The Labute approximate surface area is 96.0 Å². The van der Waals surface area contributed by atoms with E-state index in [1.165, 1.54) is 0 Å². The van der Waals surface area contributed by atoms with Crippen LogP contribution in [0.4, 0.5) is 5.82 Å². The Balaban J connectivity index is 2.46. The number of rotatable bonds is 6. The van der Waals surface area contributed by atoms with E-state index in [1.54, 1.807) is 6.20 Å². The summed E-state index contributed by atoms with van der Waals surface area (Å²) >= 11 is 5.69. The lowest BCUT2D eigenvalue weighted by molar-refractivity contribution is 0.154. The zero-order valence-corrected chi connectivity index (χ0v) is 10.00. The molecule has 0 unspecified atom stereocenters. The van der Waals surface area contributed by atoms with Crippen molar-refractivity contribution < 1.29 is 4.74 Å². The summed E-state index contributed by atoms with van der Waals surface area (Å²) in [7, 11) is 2.00. The lowest BCUT2D eigenvalue weighted by Gasteiger charge is -2.17. The van der Waals surface area contributed by atoms with Crippen LogP contribution in [0.25, 0.3) is 0 Å². The Bertz CT molecular complexity index is 276. The first-order valence-corrected chi connectivity index (χ1v) is 5.61. The number of aromatic nitrogens is 1. The van der Waals surface area contributed by atoms with E-state index in [0.29, 0.717) is 5.88 Å². The maximum atomic E-state index is 5.69. The Kier molecular flexibility index (Phi) is 5.43. The quantitative estimate of drug-likeness (QED) is 0.552. The van der Waals surface area contributed by atoms with E-state index in [0.717, 1.165) is 31.1 Å². The van der Waals surface area contributed by atoms with Crippen LogP contribution in [0.15, 0.2) is 18.3 Å². The van der Waals surface area contributed by atoms with Crippen molar-refractivity contribution in [2.75, 3.05) is 31.7 Å². The lowest BCUT2D eigenvalue weighted by Crippen LogP contribution is -2.23. The molecule has 1 rings (SSSR count). The van der Waals surface area contributed by atoms with Gasteiger partial charge >= 0.3 is 0 Å². The molecule has 3 nitrogen and oxygen atoms in total. The molecule has 0 N–H and O–H groups in total. The number of pyridine rings is 1. The standard InChI is InChI=1S/C11H17ClN2O/c1-3-15-7-6-14(2)11-5-4-10(8-12)9-13-11/h4-5,9H,3,6-8H2,1-2H3. The van der Waals surface area contributed by atoms with Gasteiger partial charge in [0.2, 0.25) is 0 Å². The number of hydrogen-bond acceptors (Lipinski definition) is 3. The second kappa shape index (κ2) is 6.64. The second-order valence-electron chi connectivity index (χ2n) is 3.28. The molecule has 0 aromatic carbocycles. The van der Waals surface area contributed by atoms with Crippen molar-refractivity contribution in [1.82, 2.24) is 4.98 Å². The van der Waals surface area contributed by atoms with Crippen molar-refractivity contribution in [2.45, 2.75) is 12.8 Å². The van der Waals surface area contributed by atoms with Crippen LogP contribution in [-0.4, -0.2) is 31.8 Å². The highest BCUT2D eigenvalue weighted by Gasteiger charge is 2.01. The monoisotopic (exact) mass is 228 g/mol. The highest BCUT2D eigenvalue weighted by molar-refractivity contribution is 6.17. The molecule has 0 radical (unpaired) electrons. The zero-order valence-electron chi connectivity index (χ0n) is 9.24. The van der Waals surface area contributed by atoms with Crippen molar-refractivity contribution in [3.8, 4) is 0 Å². The van der Waals surface area contributed by atoms with Crippen LogP contribution in [0.1, 0.15) is 12.5 Å². The Hall–Kier alpha value is -0.800. The van der Waals surface area contributed by atoms with Crippen molar-refractivity contribution in [3.63, 3.8) is 0 Å². The summed E-state index contributed by atoms with van der Waals surface area (Å²) in [4.78, 5) is 6.38. The highest BCUT2D eigenvalue weighted by Crippen LogP contribution is 2.10. The van der Waals surface area contributed by atoms with Gasteiger partial charge in [0.25, 0.3) is 0 Å². The van der Waals surface area contributed by atoms with Crippen LogP contribution in [0.3, 0.4) is 0 Å². The molecule has 0 aliphatic carbocycles. The van der Waals surface area contributed by atoms with Gasteiger partial charge < -0.3 is 9.64 Å². The molecule has 0 saturated carbocycles. The molecule has 1 aromatic rings. The third-order valence-corrected chi connectivity index (χ3v) is 2.44. The molecule has 84 valence electrons. The summed E-state index contributed by atoms with van der Waals surface area (Å²) in [6.07, 6.45) is 1.81. The fraction of sp³-hybridized carbons (Fsp3) is 0.545. The molecule has 1 aromatic heterocycles. The third kappa shape index (κ3) is 4.06. The lowest BCUT2D eigenvalue weighted by atomic mass is 10.3. The Morgan fingerprint density at radius 3 is 2.80 bits per heavy atom. The normalized spacial score (nSPS) is 10.3. The fourth-order valence-electron chi connectivity index (χ4n) is 1.18. The molecule has 1 heterocycles. The fourth-order valence-corrected chi connectivity index (χ4v) is 1.34. The third-order valence-electron chi connectivity index (χ3n) is 2.13. The molecule has 0 bridgehead atoms. The molecular formula is C11H17ClN2O. The van der Waals surface area contributed by atoms with E-state index >= 15 is 0 Å².